The Kier molecular flexibility index (Phi) is 6.36. The summed E-state index contributed by atoms with van der Waals surface area (Å²) < 4.78 is 13.3. The lowest BCUT2D eigenvalue weighted by Gasteiger charge is -2.30. The van der Waals surface area contributed by atoms with Crippen molar-refractivity contribution in [2.24, 2.45) is 5.73 Å². The second-order valence-electron chi connectivity index (χ2n) is 7.26. The van der Waals surface area contributed by atoms with Crippen molar-refractivity contribution in [3.63, 3.8) is 0 Å². The number of nitrogens with zero attached hydrogens (tertiary/aromatic N) is 1. The molecule has 0 aliphatic heterocycles. The van der Waals surface area contributed by atoms with Crippen LogP contribution in [0.3, 0.4) is 0 Å². The predicted molar refractivity (Wildman–Crippen MR) is 105 cm³/mol. The van der Waals surface area contributed by atoms with Crippen molar-refractivity contribution in [3.05, 3.63) is 54.0 Å². The van der Waals surface area contributed by atoms with E-state index in [4.69, 9.17) is 5.73 Å². The number of amides is 2. The third-order valence-corrected chi connectivity index (χ3v) is 4.97. The van der Waals surface area contributed by atoms with E-state index in [1.54, 1.807) is 31.2 Å². The minimum absolute atomic E-state index is 0.0684. The molecule has 1 heterocycles. The molecule has 0 spiro atoms. The van der Waals surface area contributed by atoms with E-state index in [0.29, 0.717) is 16.8 Å². The van der Waals surface area contributed by atoms with Gasteiger partial charge in [-0.15, -0.1) is 0 Å². The quantitative estimate of drug-likeness (QED) is 0.737. The van der Waals surface area contributed by atoms with E-state index in [9.17, 15) is 14.0 Å². The van der Waals surface area contributed by atoms with E-state index in [1.807, 2.05) is 0 Å². The zero-order chi connectivity index (χ0) is 20.1. The fourth-order valence-corrected chi connectivity index (χ4v) is 3.33. The molecular weight excluding hydrogens is 359 g/mol. The Morgan fingerprint density at radius 1 is 1.11 bits per heavy atom. The van der Waals surface area contributed by atoms with Crippen LogP contribution in [-0.4, -0.2) is 34.9 Å². The number of nitrogens with two attached hydrogens (primary N) is 1. The third-order valence-electron chi connectivity index (χ3n) is 4.97. The summed E-state index contributed by atoms with van der Waals surface area (Å²) in [7, 11) is 0. The number of rotatable bonds is 5. The van der Waals surface area contributed by atoms with Crippen LogP contribution in [-0.2, 0) is 4.79 Å². The van der Waals surface area contributed by atoms with Gasteiger partial charge in [-0.25, -0.2) is 4.39 Å². The lowest BCUT2D eigenvalue weighted by molar-refractivity contribution is -0.122. The first-order valence-electron chi connectivity index (χ1n) is 9.51. The molecule has 0 radical (unpaired) electrons. The lowest BCUT2D eigenvalue weighted by Crippen LogP contribution is -2.47. The van der Waals surface area contributed by atoms with Crippen LogP contribution < -0.4 is 16.4 Å². The maximum Gasteiger partial charge on any atom is 0.253 e. The Morgan fingerprint density at radius 3 is 2.36 bits per heavy atom. The molecule has 6 nitrogen and oxygen atoms in total. The molecule has 1 saturated carbocycles. The monoisotopic (exact) mass is 384 g/mol. The van der Waals surface area contributed by atoms with Crippen LogP contribution >= 0.6 is 0 Å². The van der Waals surface area contributed by atoms with Gasteiger partial charge in [-0.1, -0.05) is 12.1 Å². The minimum Gasteiger partial charge on any atom is -0.352 e. The average molecular weight is 384 g/mol. The maximum atomic E-state index is 13.3. The molecule has 0 bridgehead atoms. The molecule has 1 aliphatic carbocycles. The Morgan fingerprint density at radius 2 is 1.79 bits per heavy atom. The average Bonchev–Trinajstić information content (AvgIpc) is 2.69. The highest BCUT2D eigenvalue weighted by molar-refractivity contribution is 5.94. The SMILES string of the molecule is C[C@@H](N)C(=O)NC1CCC(NC(=O)c2ccc(-c3cccc(F)c3)nc2)CC1. The Bertz CT molecular complexity index is 831. The summed E-state index contributed by atoms with van der Waals surface area (Å²) in [5.41, 5.74) is 7.32. The molecule has 1 aliphatic rings. The van der Waals surface area contributed by atoms with E-state index < -0.39 is 6.04 Å². The number of carbonyl (C=O) groups is 2. The number of aromatic nitrogens is 1. The van der Waals surface area contributed by atoms with Crippen LogP contribution in [0.25, 0.3) is 11.3 Å². The zero-order valence-electron chi connectivity index (χ0n) is 15.8. The summed E-state index contributed by atoms with van der Waals surface area (Å²) in [6.45, 7) is 1.66. The van der Waals surface area contributed by atoms with Crippen molar-refractivity contribution in [3.8, 4) is 11.3 Å². The molecule has 4 N–H and O–H groups in total. The van der Waals surface area contributed by atoms with Crippen molar-refractivity contribution in [1.82, 2.24) is 15.6 Å². The van der Waals surface area contributed by atoms with E-state index in [-0.39, 0.29) is 29.7 Å². The summed E-state index contributed by atoms with van der Waals surface area (Å²) in [6.07, 6.45) is 4.71. The van der Waals surface area contributed by atoms with Crippen LogP contribution in [0.5, 0.6) is 0 Å². The van der Waals surface area contributed by atoms with E-state index in [0.717, 1.165) is 25.7 Å². The number of benzene rings is 1. The van der Waals surface area contributed by atoms with Gasteiger partial charge in [0, 0.05) is 23.8 Å². The Labute approximate surface area is 163 Å². The molecule has 1 fully saturated rings. The fraction of sp³-hybridized carbons (Fsp3) is 0.381. The van der Waals surface area contributed by atoms with Crippen molar-refractivity contribution in [2.45, 2.75) is 50.7 Å². The number of nitrogens with one attached hydrogen (secondary N) is 2. The lowest BCUT2D eigenvalue weighted by atomic mass is 9.91. The molecule has 1 aromatic heterocycles. The molecule has 148 valence electrons. The van der Waals surface area contributed by atoms with Crippen LogP contribution in [0.1, 0.15) is 43.0 Å². The molecule has 0 saturated heterocycles. The topological polar surface area (TPSA) is 97.1 Å². The fourth-order valence-electron chi connectivity index (χ4n) is 3.33. The molecule has 28 heavy (non-hydrogen) atoms. The van der Waals surface area contributed by atoms with Gasteiger partial charge < -0.3 is 16.4 Å². The van der Waals surface area contributed by atoms with Crippen molar-refractivity contribution in [2.75, 3.05) is 0 Å². The second-order valence-corrected chi connectivity index (χ2v) is 7.26. The van der Waals surface area contributed by atoms with Crippen molar-refractivity contribution in [1.29, 1.82) is 0 Å². The number of hydrogen-bond donors (Lipinski definition) is 3. The second kappa shape index (κ2) is 8.93. The predicted octanol–water partition coefficient (Wildman–Crippen LogP) is 2.39. The largest absolute Gasteiger partial charge is 0.352 e. The minimum atomic E-state index is -0.514. The number of halogens is 1. The van der Waals surface area contributed by atoms with Gasteiger partial charge in [0.25, 0.3) is 5.91 Å². The molecule has 7 heteroatoms. The first kappa shape index (κ1) is 19.9. The molecule has 2 aromatic rings. The Hall–Kier alpha value is -2.80. The van der Waals surface area contributed by atoms with Crippen molar-refractivity contribution >= 4 is 11.8 Å². The molecule has 0 unspecified atom stereocenters. The van der Waals surface area contributed by atoms with Crippen LogP contribution in [0.2, 0.25) is 0 Å². The summed E-state index contributed by atoms with van der Waals surface area (Å²) in [6, 6.07) is 9.25. The first-order chi connectivity index (χ1) is 13.4. The highest BCUT2D eigenvalue weighted by Crippen LogP contribution is 2.20. The van der Waals surface area contributed by atoms with Gasteiger partial charge in [0.2, 0.25) is 5.91 Å². The number of pyridine rings is 1. The van der Waals surface area contributed by atoms with Gasteiger partial charge in [-0.3, -0.25) is 14.6 Å². The maximum absolute atomic E-state index is 13.3. The van der Waals surface area contributed by atoms with E-state index >= 15 is 0 Å². The Balaban J connectivity index is 1.52. The summed E-state index contributed by atoms with van der Waals surface area (Å²) in [4.78, 5) is 28.4. The van der Waals surface area contributed by atoms with E-state index in [1.165, 1.54) is 18.3 Å². The van der Waals surface area contributed by atoms with Gasteiger partial charge in [-0.2, -0.15) is 0 Å². The van der Waals surface area contributed by atoms with Gasteiger partial charge in [0.05, 0.1) is 17.3 Å². The molecule has 3 rings (SSSR count). The molecule has 1 aromatic carbocycles. The molecule has 1 atom stereocenters. The van der Waals surface area contributed by atoms with Crippen molar-refractivity contribution < 1.29 is 14.0 Å². The van der Waals surface area contributed by atoms with Gasteiger partial charge in [0.15, 0.2) is 0 Å². The van der Waals surface area contributed by atoms with E-state index in [2.05, 4.69) is 15.6 Å². The smallest absolute Gasteiger partial charge is 0.253 e. The summed E-state index contributed by atoms with van der Waals surface area (Å²) >= 11 is 0. The first-order valence-corrected chi connectivity index (χ1v) is 9.51. The van der Waals surface area contributed by atoms with Gasteiger partial charge in [0.1, 0.15) is 5.82 Å². The third kappa shape index (κ3) is 5.13. The summed E-state index contributed by atoms with van der Waals surface area (Å²) in [5.74, 6) is -0.646. The zero-order valence-corrected chi connectivity index (χ0v) is 15.8. The van der Waals surface area contributed by atoms with Crippen LogP contribution in [0.4, 0.5) is 4.39 Å². The molecular formula is C21H25FN4O2. The van der Waals surface area contributed by atoms with Crippen LogP contribution in [0.15, 0.2) is 42.6 Å². The summed E-state index contributed by atoms with van der Waals surface area (Å²) in [5, 5.41) is 5.96. The normalized spacial score (nSPS) is 20.2. The number of carbonyl (C=O) groups excluding carboxylic acids is 2. The molecule has 2 amide bonds. The highest BCUT2D eigenvalue weighted by Gasteiger charge is 2.24. The van der Waals surface area contributed by atoms with Gasteiger partial charge in [-0.05, 0) is 56.9 Å². The standard InChI is InChI=1S/C21H25FN4O2/c1-13(23)20(27)25-17-6-8-18(9-7-17)26-21(28)15-5-10-19(24-12-15)14-3-2-4-16(22)11-14/h2-5,10-13,17-18H,6-9,23H2,1H3,(H,25,27)(H,26,28)/t13-,17?,18?/m1/s1. The van der Waals surface area contributed by atoms with Crippen LogP contribution in [0, 0.1) is 5.82 Å². The highest BCUT2D eigenvalue weighted by atomic mass is 19.1. The van der Waals surface area contributed by atoms with Gasteiger partial charge >= 0.3 is 0 Å². The number of hydrogen-bond acceptors (Lipinski definition) is 4.